The summed E-state index contributed by atoms with van der Waals surface area (Å²) in [5.74, 6) is 1.04. The van der Waals surface area contributed by atoms with Gasteiger partial charge in [0.15, 0.2) is 0 Å². The fourth-order valence-electron chi connectivity index (χ4n) is 3.52. The highest BCUT2D eigenvalue weighted by atomic mass is 79.9. The molecule has 4 nitrogen and oxygen atoms in total. The number of halogens is 1. The smallest absolute Gasteiger partial charge is 0.142 e. The van der Waals surface area contributed by atoms with Crippen molar-refractivity contribution in [2.24, 2.45) is 0 Å². The van der Waals surface area contributed by atoms with E-state index in [1.165, 1.54) is 0 Å². The van der Waals surface area contributed by atoms with Crippen LogP contribution in [-0.2, 0) is 0 Å². The first-order valence-corrected chi connectivity index (χ1v) is 8.25. The lowest BCUT2D eigenvalue weighted by Gasteiger charge is -2.38. The largest absolute Gasteiger partial charge is 0.393 e. The van der Waals surface area contributed by atoms with Crippen LogP contribution in [0.3, 0.4) is 0 Å². The lowest BCUT2D eigenvalue weighted by Crippen LogP contribution is -2.45. The van der Waals surface area contributed by atoms with Gasteiger partial charge in [-0.15, -0.1) is 11.3 Å². The van der Waals surface area contributed by atoms with E-state index < -0.39 is 0 Å². The van der Waals surface area contributed by atoms with Gasteiger partial charge >= 0.3 is 0 Å². The molecule has 2 aromatic heterocycles. The number of aromatic nitrogens is 2. The summed E-state index contributed by atoms with van der Waals surface area (Å²) in [6.45, 7) is 0. The molecule has 100 valence electrons. The predicted octanol–water partition coefficient (Wildman–Crippen LogP) is 2.95. The van der Waals surface area contributed by atoms with E-state index in [0.29, 0.717) is 12.1 Å². The van der Waals surface area contributed by atoms with Crippen molar-refractivity contribution in [2.75, 3.05) is 4.90 Å². The molecule has 0 saturated carbocycles. The molecule has 2 aliphatic rings. The van der Waals surface area contributed by atoms with Gasteiger partial charge in [-0.05, 0) is 41.6 Å². The summed E-state index contributed by atoms with van der Waals surface area (Å²) < 4.78 is 1.08. The number of nitrogens with zero attached hydrogens (tertiary/aromatic N) is 3. The number of hydrogen-bond acceptors (Lipinski definition) is 5. The Balaban J connectivity index is 1.85. The number of aliphatic hydroxyl groups is 1. The average molecular weight is 340 g/mol. The first kappa shape index (κ1) is 12.1. The van der Waals surface area contributed by atoms with Crippen LogP contribution in [0.25, 0.3) is 10.2 Å². The standard InChI is InChI=1S/C13H14BrN3OS/c14-10-5-19-13-11(10)12(15-6-16-13)17-7-1-2-8(17)4-9(18)3-7/h5-9,18H,1-4H2. The first-order chi connectivity index (χ1) is 9.24. The molecule has 0 radical (unpaired) electrons. The van der Waals surface area contributed by atoms with E-state index in [4.69, 9.17) is 0 Å². The van der Waals surface area contributed by atoms with Crippen molar-refractivity contribution in [2.45, 2.75) is 43.9 Å². The van der Waals surface area contributed by atoms with Crippen molar-refractivity contribution in [1.29, 1.82) is 0 Å². The zero-order valence-electron chi connectivity index (χ0n) is 10.3. The molecule has 0 aliphatic carbocycles. The lowest BCUT2D eigenvalue weighted by molar-refractivity contribution is 0.126. The van der Waals surface area contributed by atoms with Crippen molar-refractivity contribution in [3.63, 3.8) is 0 Å². The number of fused-ring (bicyclic) bond motifs is 3. The van der Waals surface area contributed by atoms with Gasteiger partial charge in [0.25, 0.3) is 0 Å². The summed E-state index contributed by atoms with van der Waals surface area (Å²) >= 11 is 5.25. The maximum Gasteiger partial charge on any atom is 0.142 e. The van der Waals surface area contributed by atoms with Crippen LogP contribution in [0, 0.1) is 0 Å². The average Bonchev–Trinajstić information content (AvgIpc) is 2.89. The van der Waals surface area contributed by atoms with Crippen LogP contribution in [0.15, 0.2) is 16.2 Å². The van der Waals surface area contributed by atoms with Gasteiger partial charge < -0.3 is 10.0 Å². The van der Waals surface area contributed by atoms with E-state index in [0.717, 1.165) is 46.2 Å². The number of anilines is 1. The summed E-state index contributed by atoms with van der Waals surface area (Å²) in [4.78, 5) is 12.3. The molecule has 2 atom stereocenters. The lowest BCUT2D eigenvalue weighted by atomic mass is 10.00. The number of thiophene rings is 1. The minimum absolute atomic E-state index is 0.142. The van der Waals surface area contributed by atoms with Crippen LogP contribution in [0.1, 0.15) is 25.7 Å². The quantitative estimate of drug-likeness (QED) is 0.867. The maximum absolute atomic E-state index is 9.92. The van der Waals surface area contributed by atoms with Gasteiger partial charge in [0.2, 0.25) is 0 Å². The van der Waals surface area contributed by atoms with Gasteiger partial charge in [0.1, 0.15) is 17.0 Å². The highest BCUT2D eigenvalue weighted by Crippen LogP contribution is 2.43. The molecular formula is C13H14BrN3OS. The maximum atomic E-state index is 9.92. The Bertz CT molecular complexity index is 617. The van der Waals surface area contributed by atoms with E-state index in [1.807, 2.05) is 0 Å². The van der Waals surface area contributed by atoms with Crippen molar-refractivity contribution in [3.8, 4) is 0 Å². The van der Waals surface area contributed by atoms with E-state index in [2.05, 4.69) is 36.2 Å². The Hall–Kier alpha value is -0.720. The van der Waals surface area contributed by atoms with Crippen molar-refractivity contribution >= 4 is 43.3 Å². The number of piperidine rings is 1. The van der Waals surface area contributed by atoms with Gasteiger partial charge in [-0.1, -0.05) is 0 Å². The second-order valence-electron chi connectivity index (χ2n) is 5.38. The highest BCUT2D eigenvalue weighted by Gasteiger charge is 2.41. The molecule has 4 heterocycles. The SMILES string of the molecule is OC1CC2CCC(C1)N2c1ncnc2scc(Br)c12. The molecule has 0 spiro atoms. The normalized spacial score (nSPS) is 30.2. The predicted molar refractivity (Wildman–Crippen MR) is 79.6 cm³/mol. The molecule has 2 bridgehead atoms. The van der Waals surface area contributed by atoms with E-state index >= 15 is 0 Å². The molecule has 2 aromatic rings. The van der Waals surface area contributed by atoms with Gasteiger partial charge in [-0.3, -0.25) is 0 Å². The van der Waals surface area contributed by atoms with Gasteiger partial charge in [-0.2, -0.15) is 0 Å². The minimum Gasteiger partial charge on any atom is -0.393 e. The molecule has 1 N–H and O–H groups in total. The Kier molecular flexibility index (Phi) is 2.79. The fraction of sp³-hybridized carbons (Fsp3) is 0.538. The summed E-state index contributed by atoms with van der Waals surface area (Å²) in [5, 5.41) is 13.1. The summed E-state index contributed by atoms with van der Waals surface area (Å²) in [6, 6.07) is 0.859. The molecule has 19 heavy (non-hydrogen) atoms. The molecular weight excluding hydrogens is 326 g/mol. The molecule has 2 unspecified atom stereocenters. The molecule has 2 aliphatic heterocycles. The number of aliphatic hydroxyl groups excluding tert-OH is 1. The van der Waals surface area contributed by atoms with Crippen molar-refractivity contribution in [3.05, 3.63) is 16.2 Å². The topological polar surface area (TPSA) is 49.2 Å². The minimum atomic E-state index is -0.142. The third kappa shape index (κ3) is 1.80. The number of rotatable bonds is 1. The van der Waals surface area contributed by atoms with Crippen LogP contribution in [0.5, 0.6) is 0 Å². The van der Waals surface area contributed by atoms with Crippen LogP contribution < -0.4 is 4.90 Å². The first-order valence-electron chi connectivity index (χ1n) is 6.58. The third-order valence-electron chi connectivity index (χ3n) is 4.26. The van der Waals surface area contributed by atoms with Gasteiger partial charge in [0.05, 0.1) is 11.5 Å². The van der Waals surface area contributed by atoms with Crippen molar-refractivity contribution < 1.29 is 5.11 Å². The number of hydrogen-bond donors (Lipinski definition) is 1. The van der Waals surface area contributed by atoms with Crippen molar-refractivity contribution in [1.82, 2.24) is 9.97 Å². The highest BCUT2D eigenvalue weighted by molar-refractivity contribution is 9.10. The summed E-state index contributed by atoms with van der Waals surface area (Å²) in [6.07, 6.45) is 5.57. The zero-order chi connectivity index (χ0) is 13.0. The molecule has 2 fully saturated rings. The second-order valence-corrected chi connectivity index (χ2v) is 7.09. The van der Waals surface area contributed by atoms with Crippen LogP contribution in [0.2, 0.25) is 0 Å². The second kappa shape index (κ2) is 4.40. The van der Waals surface area contributed by atoms with Crippen LogP contribution in [-0.4, -0.2) is 33.3 Å². The molecule has 4 rings (SSSR count). The van der Waals surface area contributed by atoms with Crippen LogP contribution >= 0.6 is 27.3 Å². The van der Waals surface area contributed by atoms with E-state index in [1.54, 1.807) is 17.7 Å². The monoisotopic (exact) mass is 339 g/mol. The Morgan fingerprint density at radius 3 is 2.74 bits per heavy atom. The molecule has 6 heteroatoms. The molecule has 0 aromatic carbocycles. The Morgan fingerprint density at radius 1 is 1.26 bits per heavy atom. The molecule has 0 amide bonds. The van der Waals surface area contributed by atoms with Gasteiger partial charge in [0, 0.05) is 21.9 Å². The Labute approximate surface area is 123 Å². The van der Waals surface area contributed by atoms with Crippen LogP contribution in [0.4, 0.5) is 5.82 Å². The summed E-state index contributed by atoms with van der Waals surface area (Å²) in [5.41, 5.74) is 0. The third-order valence-corrected chi connectivity index (χ3v) is 6.07. The fourth-order valence-corrected chi connectivity index (χ4v) is 5.05. The molecule has 2 saturated heterocycles. The zero-order valence-corrected chi connectivity index (χ0v) is 12.7. The van der Waals surface area contributed by atoms with E-state index in [9.17, 15) is 5.11 Å². The summed E-state index contributed by atoms with van der Waals surface area (Å²) in [7, 11) is 0. The van der Waals surface area contributed by atoms with Gasteiger partial charge in [-0.25, -0.2) is 9.97 Å². The Morgan fingerprint density at radius 2 is 2.00 bits per heavy atom. The van der Waals surface area contributed by atoms with E-state index in [-0.39, 0.29) is 6.10 Å².